The summed E-state index contributed by atoms with van der Waals surface area (Å²) in [5.41, 5.74) is 0. The average Bonchev–Trinajstić information content (AvgIpc) is 2.76. The summed E-state index contributed by atoms with van der Waals surface area (Å²) in [6, 6.07) is 0. The van der Waals surface area contributed by atoms with Crippen LogP contribution < -0.4 is 0 Å². The molecule has 218 valence electrons. The van der Waals surface area contributed by atoms with Gasteiger partial charge in [0.05, 0.1) is 17.8 Å². The molecule has 7 heteroatoms. The number of hydrogen-bond acceptors (Lipinski definition) is 6. The van der Waals surface area contributed by atoms with Gasteiger partial charge in [0.1, 0.15) is 34.7 Å². The second-order valence-electron chi connectivity index (χ2n) is 9.81. The molecule has 0 aromatic heterocycles. The second kappa shape index (κ2) is 27.6. The van der Waals surface area contributed by atoms with Crippen LogP contribution in [0.4, 0.5) is 0 Å². The van der Waals surface area contributed by atoms with Crippen LogP contribution >= 0.6 is 0 Å². The van der Waals surface area contributed by atoms with Crippen LogP contribution in [0, 0.1) is 17.8 Å². The van der Waals surface area contributed by atoms with Gasteiger partial charge in [-0.1, -0.05) is 78.6 Å². The molecule has 0 amide bonds. The normalized spacial score (nSPS) is 10.1. The summed E-state index contributed by atoms with van der Waals surface area (Å²) in [6.07, 6.45) is 11.9. The van der Waals surface area contributed by atoms with Crippen LogP contribution in [0.2, 0.25) is 0 Å². The molecule has 0 saturated carbocycles. The second-order valence-corrected chi connectivity index (χ2v) is 9.81. The van der Waals surface area contributed by atoms with Crippen molar-refractivity contribution in [3.05, 3.63) is 0 Å². The molecule has 0 N–H and O–H groups in total. The van der Waals surface area contributed by atoms with Gasteiger partial charge in [0.15, 0.2) is 0 Å². The maximum atomic E-state index is 11.0. The van der Waals surface area contributed by atoms with Gasteiger partial charge >= 0.3 is 0 Å². The molecule has 0 aliphatic heterocycles. The molecule has 0 rings (SSSR count). The maximum Gasteiger partial charge on any atom is 0.140 e. The van der Waals surface area contributed by atoms with Crippen molar-refractivity contribution in [2.24, 2.45) is 17.8 Å². The number of rotatable bonds is 18. The SMILES string of the molecule is CCCCCC(C(C)=O)C(C)=O.CCCCCC(C(C)=O)C(C)=O.CCCCCC(C(C)=O)C(C)=O.[Fe]. The summed E-state index contributed by atoms with van der Waals surface area (Å²) in [6.45, 7) is 15.3. The van der Waals surface area contributed by atoms with Crippen LogP contribution in [-0.4, -0.2) is 34.7 Å². The van der Waals surface area contributed by atoms with E-state index in [0.717, 1.165) is 77.0 Å². The van der Waals surface area contributed by atoms with Crippen molar-refractivity contribution >= 4 is 34.7 Å². The summed E-state index contributed by atoms with van der Waals surface area (Å²) in [5.74, 6) is -0.934. The number of Topliss-reactive ketones (excluding diaryl/α,β-unsaturated/α-hetero) is 6. The molecule has 0 aliphatic carbocycles. The number of hydrogen-bond donors (Lipinski definition) is 0. The first-order valence-corrected chi connectivity index (χ1v) is 13.8. The van der Waals surface area contributed by atoms with E-state index in [1.165, 1.54) is 41.5 Å². The first-order chi connectivity index (χ1) is 16.8. The Labute approximate surface area is 237 Å². The first-order valence-electron chi connectivity index (χ1n) is 13.8. The minimum absolute atomic E-state index is 0. The fraction of sp³-hybridized carbons (Fsp3) is 0.800. The van der Waals surface area contributed by atoms with Gasteiger partial charge in [-0.05, 0) is 60.8 Å². The van der Waals surface area contributed by atoms with E-state index >= 15 is 0 Å². The van der Waals surface area contributed by atoms with Crippen molar-refractivity contribution in [3.8, 4) is 0 Å². The zero-order valence-corrected chi connectivity index (χ0v) is 26.1. The molecule has 0 saturated heterocycles. The minimum Gasteiger partial charge on any atom is -0.299 e. The Morgan fingerprint density at radius 2 is 0.541 bits per heavy atom. The van der Waals surface area contributed by atoms with Gasteiger partial charge in [-0.25, -0.2) is 0 Å². The van der Waals surface area contributed by atoms with Crippen molar-refractivity contribution in [1.82, 2.24) is 0 Å². The molecule has 0 aliphatic rings. The fourth-order valence-electron chi connectivity index (χ4n) is 3.87. The molecule has 0 spiro atoms. The number of carbonyl (C=O) groups excluding carboxylic acids is 6. The smallest absolute Gasteiger partial charge is 0.140 e. The molecule has 0 fully saturated rings. The average molecular weight is 567 g/mol. The van der Waals surface area contributed by atoms with E-state index in [0.29, 0.717) is 0 Å². The van der Waals surface area contributed by atoms with E-state index in [4.69, 9.17) is 0 Å². The van der Waals surface area contributed by atoms with Gasteiger partial charge in [0.25, 0.3) is 0 Å². The predicted molar refractivity (Wildman–Crippen MR) is 147 cm³/mol. The van der Waals surface area contributed by atoms with E-state index in [1.54, 1.807) is 0 Å². The van der Waals surface area contributed by atoms with Crippen LogP contribution in [-0.2, 0) is 45.8 Å². The van der Waals surface area contributed by atoms with Gasteiger partial charge in [0, 0.05) is 17.1 Å². The van der Waals surface area contributed by atoms with Gasteiger partial charge in [0.2, 0.25) is 0 Å². The molecule has 0 heterocycles. The van der Waals surface area contributed by atoms with Crippen LogP contribution in [0.25, 0.3) is 0 Å². The Hall–Kier alpha value is -1.46. The van der Waals surface area contributed by atoms with Crippen molar-refractivity contribution in [1.29, 1.82) is 0 Å². The molecular weight excluding hydrogens is 512 g/mol. The van der Waals surface area contributed by atoms with E-state index in [-0.39, 0.29) is 69.5 Å². The molecular formula is C30H54FeO6. The van der Waals surface area contributed by atoms with E-state index in [9.17, 15) is 28.8 Å². The van der Waals surface area contributed by atoms with Crippen molar-refractivity contribution < 1.29 is 45.8 Å². The monoisotopic (exact) mass is 566 g/mol. The van der Waals surface area contributed by atoms with Gasteiger partial charge in [-0.2, -0.15) is 0 Å². The van der Waals surface area contributed by atoms with Gasteiger partial charge in [-0.3, -0.25) is 28.8 Å². The zero-order chi connectivity index (χ0) is 28.7. The van der Waals surface area contributed by atoms with Crippen LogP contribution in [0.1, 0.15) is 139 Å². The first kappa shape index (κ1) is 42.6. The predicted octanol–water partition coefficient (Wildman–Crippen LogP) is 7.08. The minimum atomic E-state index is -0.337. The fourth-order valence-corrected chi connectivity index (χ4v) is 3.87. The third-order valence-corrected chi connectivity index (χ3v) is 6.23. The summed E-state index contributed by atoms with van der Waals surface area (Å²) in [4.78, 5) is 65.8. The van der Waals surface area contributed by atoms with Crippen LogP contribution in [0.5, 0.6) is 0 Å². The summed E-state index contributed by atoms with van der Waals surface area (Å²) < 4.78 is 0. The third kappa shape index (κ3) is 26.0. The summed E-state index contributed by atoms with van der Waals surface area (Å²) in [7, 11) is 0. The molecule has 37 heavy (non-hydrogen) atoms. The van der Waals surface area contributed by atoms with Crippen molar-refractivity contribution in [2.75, 3.05) is 0 Å². The Kier molecular flexibility index (Phi) is 31.8. The van der Waals surface area contributed by atoms with Crippen molar-refractivity contribution in [3.63, 3.8) is 0 Å². The van der Waals surface area contributed by atoms with Gasteiger partial charge < -0.3 is 0 Å². The summed E-state index contributed by atoms with van der Waals surface area (Å²) >= 11 is 0. The third-order valence-electron chi connectivity index (χ3n) is 6.23. The standard InChI is InChI=1S/3C10H18O2.Fe/c3*1-4-5-6-7-10(8(2)11)9(3)12;/h3*10H,4-7H2,1-3H3;. The zero-order valence-electron chi connectivity index (χ0n) is 25.0. The molecule has 0 aromatic carbocycles. The number of carbonyl (C=O) groups is 6. The molecule has 0 unspecified atom stereocenters. The maximum absolute atomic E-state index is 11.0. The van der Waals surface area contributed by atoms with E-state index in [1.807, 2.05) is 0 Å². The van der Waals surface area contributed by atoms with Gasteiger partial charge in [-0.15, -0.1) is 0 Å². The Morgan fingerprint density at radius 3 is 0.649 bits per heavy atom. The number of ketones is 6. The Bertz CT molecular complexity index is 539. The molecule has 6 nitrogen and oxygen atoms in total. The Balaban J connectivity index is -0.000000218. The van der Waals surface area contributed by atoms with Crippen LogP contribution in [0.3, 0.4) is 0 Å². The van der Waals surface area contributed by atoms with Crippen LogP contribution in [0.15, 0.2) is 0 Å². The molecule has 0 radical (unpaired) electrons. The molecule has 0 bridgehead atoms. The summed E-state index contributed by atoms with van der Waals surface area (Å²) in [5, 5.41) is 0. The largest absolute Gasteiger partial charge is 0.299 e. The molecule has 0 atom stereocenters. The Morgan fingerprint density at radius 1 is 0.378 bits per heavy atom. The van der Waals surface area contributed by atoms with E-state index < -0.39 is 0 Å². The number of unbranched alkanes of at least 4 members (excludes halogenated alkanes) is 6. The van der Waals surface area contributed by atoms with E-state index in [2.05, 4.69) is 20.8 Å². The quantitative estimate of drug-likeness (QED) is 0.0998. The molecule has 0 aromatic rings. The van der Waals surface area contributed by atoms with Crippen molar-refractivity contribution in [2.45, 2.75) is 139 Å². The topological polar surface area (TPSA) is 102 Å².